The van der Waals surface area contributed by atoms with Crippen molar-refractivity contribution in [3.05, 3.63) is 60.0 Å². The van der Waals surface area contributed by atoms with Crippen molar-refractivity contribution in [3.8, 4) is 5.75 Å². The molecule has 0 spiro atoms. The first-order valence-electron chi connectivity index (χ1n) is 6.04. The van der Waals surface area contributed by atoms with Gasteiger partial charge in [0.15, 0.2) is 0 Å². The molecule has 0 aliphatic heterocycles. The highest BCUT2D eigenvalue weighted by molar-refractivity contribution is 14.1. The van der Waals surface area contributed by atoms with Crippen LogP contribution in [0, 0.1) is 3.57 Å². The van der Waals surface area contributed by atoms with Crippen LogP contribution >= 0.6 is 70.4 Å². The van der Waals surface area contributed by atoms with Gasteiger partial charge in [0.25, 0.3) is 0 Å². The second-order valence-electron chi connectivity index (χ2n) is 4.14. The molecule has 0 amide bonds. The minimum absolute atomic E-state index is 0.122. The van der Waals surface area contributed by atoms with E-state index in [2.05, 4.69) is 94.6 Å². The summed E-state index contributed by atoms with van der Waals surface area (Å²) in [5.41, 5.74) is 2.39. The second kappa shape index (κ2) is 7.61. The van der Waals surface area contributed by atoms with Crippen LogP contribution in [0.15, 0.2) is 45.3 Å². The molecule has 0 fully saturated rings. The number of alkyl halides is 1. The topological polar surface area (TPSA) is 9.23 Å². The predicted octanol–water partition coefficient (Wildman–Crippen LogP) is 6.70. The lowest BCUT2D eigenvalue weighted by Crippen LogP contribution is -1.98. The molecular weight excluding hydrogens is 563 g/mol. The van der Waals surface area contributed by atoms with Crippen LogP contribution in [0.2, 0.25) is 0 Å². The molecule has 0 radical (unpaired) electrons. The Kier molecular flexibility index (Phi) is 6.38. The van der Waals surface area contributed by atoms with E-state index in [1.807, 2.05) is 19.1 Å². The normalized spacial score (nSPS) is 12.2. The molecule has 2 aromatic rings. The van der Waals surface area contributed by atoms with E-state index >= 15 is 0 Å². The molecular formula is C15H12Br3IO. The lowest BCUT2D eigenvalue weighted by molar-refractivity contribution is 0.340. The third-order valence-corrected chi connectivity index (χ3v) is 5.85. The largest absolute Gasteiger partial charge is 0.494 e. The minimum atomic E-state index is 0.122. The van der Waals surface area contributed by atoms with E-state index in [1.165, 1.54) is 14.7 Å². The van der Waals surface area contributed by atoms with Gasteiger partial charge in [0, 0.05) is 12.5 Å². The number of halogens is 4. The van der Waals surface area contributed by atoms with Crippen molar-refractivity contribution >= 4 is 70.4 Å². The summed E-state index contributed by atoms with van der Waals surface area (Å²) in [6.07, 6.45) is 0. The SMILES string of the molecule is CCOc1ccc(C(Br)c2cc(I)ccc2Br)c(Br)c1. The average Bonchev–Trinajstić information content (AvgIpc) is 2.41. The molecule has 2 rings (SSSR count). The Morgan fingerprint density at radius 2 is 1.80 bits per heavy atom. The molecule has 1 unspecified atom stereocenters. The first-order chi connectivity index (χ1) is 9.52. The number of rotatable bonds is 4. The van der Waals surface area contributed by atoms with Gasteiger partial charge in [0.2, 0.25) is 0 Å². The molecule has 0 bridgehead atoms. The zero-order chi connectivity index (χ0) is 14.7. The molecule has 0 aliphatic carbocycles. The van der Waals surface area contributed by atoms with Gasteiger partial charge < -0.3 is 4.74 Å². The maximum absolute atomic E-state index is 5.51. The van der Waals surface area contributed by atoms with Crippen LogP contribution in [0.25, 0.3) is 0 Å². The molecule has 0 aliphatic rings. The van der Waals surface area contributed by atoms with Gasteiger partial charge in [-0.1, -0.05) is 53.9 Å². The van der Waals surface area contributed by atoms with Crippen molar-refractivity contribution in [3.63, 3.8) is 0 Å². The number of benzene rings is 2. The number of ether oxygens (including phenoxy) is 1. The Labute approximate surface area is 158 Å². The van der Waals surface area contributed by atoms with Gasteiger partial charge in [-0.3, -0.25) is 0 Å². The molecule has 0 N–H and O–H groups in total. The highest BCUT2D eigenvalue weighted by Gasteiger charge is 2.17. The summed E-state index contributed by atoms with van der Waals surface area (Å²) >= 11 is 13.4. The van der Waals surface area contributed by atoms with Crippen molar-refractivity contribution in [1.29, 1.82) is 0 Å². The summed E-state index contributed by atoms with van der Waals surface area (Å²) in [4.78, 5) is 0.122. The molecule has 20 heavy (non-hydrogen) atoms. The van der Waals surface area contributed by atoms with Crippen molar-refractivity contribution in [2.45, 2.75) is 11.8 Å². The zero-order valence-electron chi connectivity index (χ0n) is 10.7. The molecule has 106 valence electrons. The Hall–Kier alpha value is 0.410. The van der Waals surface area contributed by atoms with Gasteiger partial charge in [-0.2, -0.15) is 0 Å². The van der Waals surface area contributed by atoms with E-state index in [-0.39, 0.29) is 4.83 Å². The van der Waals surface area contributed by atoms with Gasteiger partial charge in [-0.25, -0.2) is 0 Å². The van der Waals surface area contributed by atoms with Gasteiger partial charge in [-0.05, 0) is 71.0 Å². The number of hydrogen-bond donors (Lipinski definition) is 0. The third-order valence-electron chi connectivity index (χ3n) is 2.79. The summed E-state index contributed by atoms with van der Waals surface area (Å²) in [5, 5.41) is 0. The van der Waals surface area contributed by atoms with E-state index in [4.69, 9.17) is 4.74 Å². The van der Waals surface area contributed by atoms with Crippen LogP contribution < -0.4 is 4.74 Å². The first-order valence-corrected chi connectivity index (χ1v) is 9.62. The van der Waals surface area contributed by atoms with Crippen molar-refractivity contribution in [2.75, 3.05) is 6.61 Å². The molecule has 5 heteroatoms. The van der Waals surface area contributed by atoms with Crippen LogP contribution in [-0.4, -0.2) is 6.61 Å². The van der Waals surface area contributed by atoms with Crippen molar-refractivity contribution < 1.29 is 4.74 Å². The Morgan fingerprint density at radius 3 is 2.45 bits per heavy atom. The lowest BCUT2D eigenvalue weighted by Gasteiger charge is -2.16. The second-order valence-corrected chi connectivity index (χ2v) is 8.01. The predicted molar refractivity (Wildman–Crippen MR) is 103 cm³/mol. The fraction of sp³-hybridized carbons (Fsp3) is 0.200. The summed E-state index contributed by atoms with van der Waals surface area (Å²) in [7, 11) is 0. The quantitative estimate of drug-likeness (QED) is 0.292. The smallest absolute Gasteiger partial charge is 0.120 e. The van der Waals surface area contributed by atoms with Gasteiger partial charge in [-0.15, -0.1) is 0 Å². The fourth-order valence-electron chi connectivity index (χ4n) is 1.85. The minimum Gasteiger partial charge on any atom is -0.494 e. The van der Waals surface area contributed by atoms with Crippen LogP contribution in [-0.2, 0) is 0 Å². The molecule has 1 nitrogen and oxygen atoms in total. The van der Waals surface area contributed by atoms with Crippen LogP contribution in [0.5, 0.6) is 5.75 Å². The van der Waals surface area contributed by atoms with E-state index in [0.717, 1.165) is 14.7 Å². The van der Waals surface area contributed by atoms with Crippen LogP contribution in [0.1, 0.15) is 22.9 Å². The fourth-order valence-corrected chi connectivity index (χ4v) is 4.82. The summed E-state index contributed by atoms with van der Waals surface area (Å²) in [6, 6.07) is 12.4. The highest BCUT2D eigenvalue weighted by Crippen LogP contribution is 2.40. The monoisotopic (exact) mass is 572 g/mol. The maximum Gasteiger partial charge on any atom is 0.120 e. The molecule has 1 atom stereocenters. The van der Waals surface area contributed by atoms with Crippen LogP contribution in [0.3, 0.4) is 0 Å². The van der Waals surface area contributed by atoms with E-state index in [1.54, 1.807) is 0 Å². The van der Waals surface area contributed by atoms with Crippen LogP contribution in [0.4, 0.5) is 0 Å². The number of hydrogen-bond acceptors (Lipinski definition) is 1. The first kappa shape index (κ1) is 16.8. The molecule has 2 aromatic carbocycles. The Morgan fingerprint density at radius 1 is 1.05 bits per heavy atom. The third kappa shape index (κ3) is 3.99. The summed E-state index contributed by atoms with van der Waals surface area (Å²) < 4.78 is 8.87. The van der Waals surface area contributed by atoms with Crippen molar-refractivity contribution in [1.82, 2.24) is 0 Å². The van der Waals surface area contributed by atoms with Crippen molar-refractivity contribution in [2.24, 2.45) is 0 Å². The van der Waals surface area contributed by atoms with E-state index in [0.29, 0.717) is 6.61 Å². The van der Waals surface area contributed by atoms with E-state index in [9.17, 15) is 0 Å². The zero-order valence-corrected chi connectivity index (χ0v) is 17.6. The lowest BCUT2D eigenvalue weighted by atomic mass is 10.0. The summed E-state index contributed by atoms with van der Waals surface area (Å²) in [6.45, 7) is 2.66. The van der Waals surface area contributed by atoms with E-state index < -0.39 is 0 Å². The van der Waals surface area contributed by atoms with Gasteiger partial charge in [0.1, 0.15) is 5.75 Å². The molecule has 0 heterocycles. The van der Waals surface area contributed by atoms with Gasteiger partial charge in [0.05, 0.1) is 11.4 Å². The average molecular weight is 575 g/mol. The molecule has 0 saturated carbocycles. The Bertz CT molecular complexity index is 616. The summed E-state index contributed by atoms with van der Waals surface area (Å²) in [5.74, 6) is 0.879. The molecule has 0 aromatic heterocycles. The highest BCUT2D eigenvalue weighted by atomic mass is 127. The maximum atomic E-state index is 5.51. The van der Waals surface area contributed by atoms with Gasteiger partial charge >= 0.3 is 0 Å². The molecule has 0 saturated heterocycles. The standard InChI is InChI=1S/C15H12Br3IO/c1-2-20-10-4-5-11(14(17)8-10)15(18)12-7-9(19)3-6-13(12)16/h3-8,15H,2H2,1H3. The Balaban J connectivity index is 2.38.